The number of ether oxygens (including phenoxy) is 1. The summed E-state index contributed by atoms with van der Waals surface area (Å²) in [6, 6.07) is 10.0. The average molecular weight is 478 g/mol. The van der Waals surface area contributed by atoms with Gasteiger partial charge in [-0.15, -0.1) is 22.7 Å². The largest absolute Gasteiger partial charge is 0.377 e. The number of sulfonamides is 1. The Hall–Kier alpha value is -2.11. The molecule has 1 saturated heterocycles. The maximum absolute atomic E-state index is 12.6. The van der Waals surface area contributed by atoms with Gasteiger partial charge < -0.3 is 10.1 Å². The minimum Gasteiger partial charge on any atom is -0.377 e. The lowest BCUT2D eigenvalue weighted by molar-refractivity contribution is 0.0951. The fourth-order valence-electron chi connectivity index (χ4n) is 3.25. The number of nitrogens with one attached hydrogen (secondary N) is 2. The van der Waals surface area contributed by atoms with Crippen LogP contribution < -0.4 is 10.0 Å². The normalized spacial score (nSPS) is 16.5. The van der Waals surface area contributed by atoms with Gasteiger partial charge in [-0.05, 0) is 50.1 Å². The van der Waals surface area contributed by atoms with Crippen LogP contribution in [0.15, 0.2) is 46.7 Å². The van der Waals surface area contributed by atoms with Crippen LogP contribution in [0.3, 0.4) is 0 Å². The van der Waals surface area contributed by atoms with E-state index < -0.39 is 10.0 Å². The summed E-state index contributed by atoms with van der Waals surface area (Å²) in [5, 5.41) is 5.89. The zero-order valence-corrected chi connectivity index (χ0v) is 19.4. The number of rotatable bonds is 8. The summed E-state index contributed by atoms with van der Waals surface area (Å²) in [5.41, 5.74) is 1.24. The van der Waals surface area contributed by atoms with Crippen molar-refractivity contribution in [3.05, 3.63) is 57.2 Å². The lowest BCUT2D eigenvalue weighted by Crippen LogP contribution is -2.32. The molecule has 0 spiro atoms. The van der Waals surface area contributed by atoms with Gasteiger partial charge in [0.1, 0.15) is 0 Å². The minimum atomic E-state index is -3.71. The lowest BCUT2D eigenvalue weighted by Gasteiger charge is -2.12. The zero-order chi connectivity index (χ0) is 21.8. The standard InChI is InChI=1S/C21H23N3O4S3/c1-14-24-19(13-29-14)20-8-7-17(30-20)12-22-21(25)15-4-2-6-18(10-15)31(26,27)23-11-16-5-3-9-28-16/h2,4,6-8,10,13,16,23H,3,5,9,11-12H2,1H3,(H,22,25)/t16-/m1/s1. The zero-order valence-electron chi connectivity index (χ0n) is 17.0. The van der Waals surface area contributed by atoms with Crippen LogP contribution in [0.1, 0.15) is 33.1 Å². The lowest BCUT2D eigenvalue weighted by atomic mass is 10.2. The molecule has 0 saturated carbocycles. The number of carbonyl (C=O) groups excluding carboxylic acids is 1. The van der Waals surface area contributed by atoms with Crippen molar-refractivity contribution in [1.82, 2.24) is 15.0 Å². The highest BCUT2D eigenvalue weighted by Gasteiger charge is 2.21. The van der Waals surface area contributed by atoms with Crippen LogP contribution >= 0.6 is 22.7 Å². The van der Waals surface area contributed by atoms with Gasteiger partial charge in [0.25, 0.3) is 5.91 Å². The molecule has 2 N–H and O–H groups in total. The smallest absolute Gasteiger partial charge is 0.251 e. The Kier molecular flexibility index (Phi) is 6.83. The maximum Gasteiger partial charge on any atom is 0.251 e. The monoisotopic (exact) mass is 477 g/mol. The van der Waals surface area contributed by atoms with E-state index >= 15 is 0 Å². The molecule has 3 aromatic rings. The highest BCUT2D eigenvalue weighted by atomic mass is 32.2. The van der Waals surface area contributed by atoms with E-state index in [9.17, 15) is 13.2 Å². The van der Waals surface area contributed by atoms with E-state index in [-0.39, 0.29) is 23.5 Å². The summed E-state index contributed by atoms with van der Waals surface area (Å²) in [5.74, 6) is -0.323. The number of hydrogen-bond acceptors (Lipinski definition) is 7. The van der Waals surface area contributed by atoms with E-state index in [2.05, 4.69) is 15.0 Å². The predicted octanol–water partition coefficient (Wildman–Crippen LogP) is 3.57. The number of hydrogen-bond donors (Lipinski definition) is 2. The molecule has 3 heterocycles. The molecule has 0 unspecified atom stereocenters. The maximum atomic E-state index is 12.6. The van der Waals surface area contributed by atoms with Crippen LogP contribution in [-0.4, -0.2) is 38.6 Å². The summed E-state index contributed by atoms with van der Waals surface area (Å²) in [6.45, 7) is 3.23. The van der Waals surface area contributed by atoms with Gasteiger partial charge in [-0.3, -0.25) is 4.79 Å². The van der Waals surface area contributed by atoms with Crippen LogP contribution in [0.5, 0.6) is 0 Å². The van der Waals surface area contributed by atoms with Gasteiger partial charge in [-0.2, -0.15) is 0 Å². The molecule has 1 aromatic carbocycles. The fraction of sp³-hybridized carbons (Fsp3) is 0.333. The molecule has 1 aliphatic heterocycles. The van der Waals surface area contributed by atoms with E-state index in [1.807, 2.05) is 24.4 Å². The summed E-state index contributed by atoms with van der Waals surface area (Å²) < 4.78 is 33.2. The first-order chi connectivity index (χ1) is 14.9. The second-order valence-corrected chi connectivity index (χ2v) is 11.2. The topological polar surface area (TPSA) is 97.4 Å². The van der Waals surface area contributed by atoms with Gasteiger partial charge in [0, 0.05) is 29.0 Å². The number of amides is 1. The Labute approximate surface area is 189 Å². The number of thiophene rings is 1. The van der Waals surface area contributed by atoms with Crippen LogP contribution in [0.2, 0.25) is 0 Å². The number of nitrogens with zero attached hydrogens (tertiary/aromatic N) is 1. The highest BCUT2D eigenvalue weighted by Crippen LogP contribution is 2.29. The molecule has 4 rings (SSSR count). The molecule has 10 heteroatoms. The molecule has 0 radical (unpaired) electrons. The number of aryl methyl sites for hydroxylation is 1. The molecule has 1 aliphatic rings. The number of thiazole rings is 1. The van der Waals surface area contributed by atoms with Crippen molar-refractivity contribution < 1.29 is 17.9 Å². The Morgan fingerprint density at radius 1 is 1.29 bits per heavy atom. The third-order valence-electron chi connectivity index (χ3n) is 4.89. The molecular formula is C21H23N3O4S3. The van der Waals surface area contributed by atoms with E-state index in [1.165, 1.54) is 12.1 Å². The first kappa shape index (κ1) is 22.1. The van der Waals surface area contributed by atoms with Crippen LogP contribution in [0.25, 0.3) is 10.6 Å². The minimum absolute atomic E-state index is 0.0652. The summed E-state index contributed by atoms with van der Waals surface area (Å²) in [4.78, 5) is 19.2. The van der Waals surface area contributed by atoms with E-state index in [4.69, 9.17) is 4.74 Å². The Bertz CT molecular complexity index is 1160. The van der Waals surface area contributed by atoms with Crippen molar-refractivity contribution in [2.45, 2.75) is 37.3 Å². The highest BCUT2D eigenvalue weighted by molar-refractivity contribution is 7.89. The van der Waals surface area contributed by atoms with Gasteiger partial charge in [-0.25, -0.2) is 18.1 Å². The molecule has 0 aliphatic carbocycles. The van der Waals surface area contributed by atoms with Gasteiger partial charge in [0.05, 0.1) is 33.1 Å². The predicted molar refractivity (Wildman–Crippen MR) is 122 cm³/mol. The SMILES string of the molecule is Cc1nc(-c2ccc(CNC(=O)c3cccc(S(=O)(=O)NC[C@H]4CCCO4)c3)s2)cs1. The van der Waals surface area contributed by atoms with Crippen molar-refractivity contribution in [3.8, 4) is 10.6 Å². The molecule has 164 valence electrons. The van der Waals surface area contributed by atoms with Crippen molar-refractivity contribution in [3.63, 3.8) is 0 Å². The van der Waals surface area contributed by atoms with E-state index in [1.54, 1.807) is 34.8 Å². The third-order valence-corrected chi connectivity index (χ3v) is 8.19. The van der Waals surface area contributed by atoms with Crippen LogP contribution in [-0.2, 0) is 21.3 Å². The molecular weight excluding hydrogens is 454 g/mol. The van der Waals surface area contributed by atoms with Crippen molar-refractivity contribution in [2.75, 3.05) is 13.2 Å². The number of benzene rings is 1. The van der Waals surface area contributed by atoms with Crippen molar-refractivity contribution >= 4 is 38.6 Å². The van der Waals surface area contributed by atoms with Gasteiger partial charge in [0.2, 0.25) is 10.0 Å². The first-order valence-corrected chi connectivity index (χ1v) is 13.1. The molecule has 1 fully saturated rings. The number of aromatic nitrogens is 1. The molecule has 1 atom stereocenters. The van der Waals surface area contributed by atoms with Gasteiger partial charge >= 0.3 is 0 Å². The quantitative estimate of drug-likeness (QED) is 0.517. The average Bonchev–Trinajstić information content (AvgIpc) is 3.52. The Morgan fingerprint density at radius 2 is 2.16 bits per heavy atom. The van der Waals surface area contributed by atoms with Crippen LogP contribution in [0.4, 0.5) is 0 Å². The molecule has 0 bridgehead atoms. The van der Waals surface area contributed by atoms with Crippen LogP contribution in [0, 0.1) is 6.92 Å². The van der Waals surface area contributed by atoms with Crippen molar-refractivity contribution in [2.24, 2.45) is 0 Å². The Morgan fingerprint density at radius 3 is 2.90 bits per heavy atom. The number of carbonyl (C=O) groups is 1. The Balaban J connectivity index is 1.37. The second kappa shape index (κ2) is 9.58. The fourth-order valence-corrected chi connectivity index (χ4v) is 5.96. The molecule has 31 heavy (non-hydrogen) atoms. The first-order valence-electron chi connectivity index (χ1n) is 9.91. The van der Waals surface area contributed by atoms with Gasteiger partial charge in [0.15, 0.2) is 0 Å². The molecule has 7 nitrogen and oxygen atoms in total. The summed E-state index contributed by atoms with van der Waals surface area (Å²) >= 11 is 3.18. The molecule has 1 amide bonds. The van der Waals surface area contributed by atoms with Gasteiger partial charge in [-0.1, -0.05) is 6.07 Å². The van der Waals surface area contributed by atoms with E-state index in [0.717, 1.165) is 33.3 Å². The van der Waals surface area contributed by atoms with E-state index in [0.29, 0.717) is 18.7 Å². The third kappa shape index (κ3) is 5.58. The summed E-state index contributed by atoms with van der Waals surface area (Å²) in [7, 11) is -3.71. The second-order valence-electron chi connectivity index (χ2n) is 7.22. The van der Waals surface area contributed by atoms with Crippen molar-refractivity contribution in [1.29, 1.82) is 0 Å². The molecule has 2 aromatic heterocycles. The summed E-state index contributed by atoms with van der Waals surface area (Å²) in [6.07, 6.45) is 1.69.